The number of carbonyl (C=O) groups is 1. The molecule has 1 saturated heterocycles. The number of rotatable bonds is 9. The van der Waals surface area contributed by atoms with Crippen LogP contribution in [0.5, 0.6) is 5.75 Å². The van der Waals surface area contributed by atoms with Gasteiger partial charge < -0.3 is 28.6 Å². The van der Waals surface area contributed by atoms with Crippen LogP contribution in [-0.4, -0.2) is 52.5 Å². The van der Waals surface area contributed by atoms with Crippen molar-refractivity contribution in [3.8, 4) is 17.0 Å². The lowest BCUT2D eigenvalue weighted by Crippen LogP contribution is -2.44. The number of hydrogen-bond acceptors (Lipinski definition) is 6. The van der Waals surface area contributed by atoms with Crippen molar-refractivity contribution in [2.45, 2.75) is 50.2 Å². The zero-order valence-corrected chi connectivity index (χ0v) is 22.8. The van der Waals surface area contributed by atoms with E-state index in [-0.39, 0.29) is 48.8 Å². The van der Waals surface area contributed by atoms with Crippen molar-refractivity contribution < 1.29 is 41.5 Å². The number of anilines is 1. The molecular weight excluding hydrogens is 558 g/mol. The number of para-hydroxylation sites is 1. The number of nitrogens with zero attached hydrogens (tertiary/aromatic N) is 3. The summed E-state index contributed by atoms with van der Waals surface area (Å²) >= 11 is 0. The van der Waals surface area contributed by atoms with Crippen LogP contribution in [0, 0.1) is 0 Å². The van der Waals surface area contributed by atoms with Gasteiger partial charge in [-0.15, -0.1) is 13.2 Å². The Bertz CT molecular complexity index is 1620. The Kier molecular flexibility index (Phi) is 7.12. The smallest absolute Gasteiger partial charge is 0.478 e. The van der Waals surface area contributed by atoms with Gasteiger partial charge in [0.05, 0.1) is 24.3 Å². The van der Waals surface area contributed by atoms with Crippen LogP contribution in [0.15, 0.2) is 53.2 Å². The monoisotopic (exact) mass is 587 g/mol. The van der Waals surface area contributed by atoms with Crippen molar-refractivity contribution in [2.24, 2.45) is 7.05 Å². The highest BCUT2D eigenvalue weighted by atomic mass is 19.4. The van der Waals surface area contributed by atoms with E-state index in [1.54, 1.807) is 29.9 Å². The third kappa shape index (κ3) is 5.67. The fraction of sp³-hybridized carbons (Fsp3) is 0.400. The Morgan fingerprint density at radius 1 is 1.17 bits per heavy atom. The van der Waals surface area contributed by atoms with Gasteiger partial charge in [0, 0.05) is 67.3 Å². The van der Waals surface area contributed by atoms with Gasteiger partial charge in [0.2, 0.25) is 0 Å². The van der Waals surface area contributed by atoms with Crippen LogP contribution in [0.2, 0.25) is 0 Å². The molecule has 1 aliphatic heterocycles. The molecular formula is C30H29F4N3O5. The van der Waals surface area contributed by atoms with E-state index in [1.807, 2.05) is 12.1 Å². The molecule has 0 amide bonds. The van der Waals surface area contributed by atoms with E-state index < -0.39 is 23.7 Å². The van der Waals surface area contributed by atoms with Gasteiger partial charge in [-0.25, -0.2) is 9.18 Å². The van der Waals surface area contributed by atoms with Gasteiger partial charge >= 0.3 is 12.3 Å². The average Bonchev–Trinajstić information content (AvgIpc) is 3.62. The Balaban J connectivity index is 1.13. The number of piperidine rings is 1. The second-order valence-corrected chi connectivity index (χ2v) is 11.0. The lowest BCUT2D eigenvalue weighted by atomic mass is 9.93. The predicted octanol–water partition coefficient (Wildman–Crippen LogP) is 6.83. The Labute approximate surface area is 238 Å². The number of aromatic carboxylic acids is 1. The van der Waals surface area contributed by atoms with E-state index in [1.165, 1.54) is 18.2 Å². The maximum absolute atomic E-state index is 15.8. The van der Waals surface area contributed by atoms with Gasteiger partial charge in [-0.05, 0) is 43.2 Å². The molecule has 2 fully saturated rings. The summed E-state index contributed by atoms with van der Waals surface area (Å²) in [5, 5.41) is 14.2. The molecule has 0 unspecified atom stereocenters. The normalized spacial score (nSPS) is 17.1. The van der Waals surface area contributed by atoms with Crippen molar-refractivity contribution in [3.63, 3.8) is 0 Å². The number of ether oxygens (including phenoxy) is 2. The quantitative estimate of drug-likeness (QED) is 0.215. The third-order valence-electron chi connectivity index (χ3n) is 7.97. The van der Waals surface area contributed by atoms with Crippen LogP contribution in [-0.2, 0) is 18.4 Å². The van der Waals surface area contributed by atoms with E-state index in [9.17, 15) is 23.1 Å². The van der Waals surface area contributed by atoms with Crippen LogP contribution in [0.1, 0.15) is 53.3 Å². The molecule has 4 aromatic rings. The molecule has 42 heavy (non-hydrogen) atoms. The molecule has 2 aliphatic rings. The minimum absolute atomic E-state index is 0.0591. The maximum Gasteiger partial charge on any atom is 0.573 e. The summed E-state index contributed by atoms with van der Waals surface area (Å²) in [5.74, 6) is -0.730. The molecule has 3 heterocycles. The SMILES string of the molecule is Cn1cc(C(=O)O)c2ccc(N3CCC(F)(COCc4c(-c5ccccc5OC(F)(F)F)noc4C4CC4)CC3)cc21. The standard InChI is InChI=1S/C30H29F4N3O5/c1-36-15-22(28(38)39)20-9-8-19(14-24(20)36)37-12-10-29(31,11-13-37)17-40-16-23-26(35-42-27(23)18-6-7-18)21-4-2-3-5-25(21)41-30(32,33)34/h2-5,8-9,14-15,18H,6-7,10-13,16-17H2,1H3,(H,38,39). The van der Waals surface area contributed by atoms with Crippen molar-refractivity contribution in [2.75, 3.05) is 24.6 Å². The van der Waals surface area contributed by atoms with Crippen LogP contribution in [0.3, 0.4) is 0 Å². The second kappa shape index (κ2) is 10.6. The highest BCUT2D eigenvalue weighted by molar-refractivity contribution is 6.04. The Hall–Kier alpha value is -4.06. The molecule has 222 valence electrons. The van der Waals surface area contributed by atoms with E-state index >= 15 is 4.39 Å². The fourth-order valence-electron chi connectivity index (χ4n) is 5.60. The topological polar surface area (TPSA) is 90.0 Å². The second-order valence-electron chi connectivity index (χ2n) is 11.0. The molecule has 2 aromatic heterocycles. The summed E-state index contributed by atoms with van der Waals surface area (Å²) in [6, 6.07) is 11.2. The first-order valence-corrected chi connectivity index (χ1v) is 13.7. The maximum atomic E-state index is 15.8. The molecule has 12 heteroatoms. The minimum Gasteiger partial charge on any atom is -0.478 e. The number of aryl methyl sites for hydroxylation is 1. The van der Waals surface area contributed by atoms with Crippen LogP contribution < -0.4 is 9.64 Å². The summed E-state index contributed by atoms with van der Waals surface area (Å²) < 4.78 is 72.3. The molecule has 1 aliphatic carbocycles. The van der Waals surface area contributed by atoms with Crippen LogP contribution >= 0.6 is 0 Å². The zero-order chi connectivity index (χ0) is 29.6. The molecule has 6 rings (SSSR count). The molecule has 1 N–H and O–H groups in total. The number of fused-ring (bicyclic) bond motifs is 1. The zero-order valence-electron chi connectivity index (χ0n) is 22.8. The van der Waals surface area contributed by atoms with Crippen molar-refractivity contribution >= 4 is 22.6 Å². The van der Waals surface area contributed by atoms with E-state index in [2.05, 4.69) is 14.8 Å². The average molecular weight is 588 g/mol. The molecule has 8 nitrogen and oxygen atoms in total. The number of carboxylic acids is 1. The number of carboxylic acid groups (broad SMARTS) is 1. The van der Waals surface area contributed by atoms with Gasteiger partial charge in [0.1, 0.15) is 22.9 Å². The van der Waals surface area contributed by atoms with Gasteiger partial charge in [-0.3, -0.25) is 0 Å². The van der Waals surface area contributed by atoms with Gasteiger partial charge in [-0.2, -0.15) is 0 Å². The highest BCUT2D eigenvalue weighted by Gasteiger charge is 2.38. The Morgan fingerprint density at radius 3 is 2.60 bits per heavy atom. The number of aromatic nitrogens is 2. The number of benzene rings is 2. The first-order valence-electron chi connectivity index (χ1n) is 13.7. The van der Waals surface area contributed by atoms with E-state index in [0.29, 0.717) is 29.8 Å². The summed E-state index contributed by atoms with van der Waals surface area (Å²) in [4.78, 5) is 13.6. The highest BCUT2D eigenvalue weighted by Crippen LogP contribution is 2.46. The number of halogens is 4. The van der Waals surface area contributed by atoms with Crippen LogP contribution in [0.4, 0.5) is 23.2 Å². The summed E-state index contributed by atoms with van der Waals surface area (Å²) in [6.07, 6.45) is -1.12. The molecule has 1 saturated carbocycles. The number of hydrogen-bond donors (Lipinski definition) is 1. The molecule has 0 atom stereocenters. The largest absolute Gasteiger partial charge is 0.573 e. The lowest BCUT2D eigenvalue weighted by Gasteiger charge is -2.37. The van der Waals surface area contributed by atoms with Gasteiger partial charge in [0.15, 0.2) is 0 Å². The number of alkyl halides is 4. The van der Waals surface area contributed by atoms with E-state index in [0.717, 1.165) is 24.0 Å². The van der Waals surface area contributed by atoms with Crippen LogP contribution in [0.25, 0.3) is 22.2 Å². The molecule has 0 spiro atoms. The summed E-state index contributed by atoms with van der Waals surface area (Å²) in [7, 11) is 1.79. The summed E-state index contributed by atoms with van der Waals surface area (Å²) in [5.41, 5.74) is 1.13. The summed E-state index contributed by atoms with van der Waals surface area (Å²) in [6.45, 7) is 0.636. The first kappa shape index (κ1) is 28.1. The molecule has 2 aromatic carbocycles. The van der Waals surface area contributed by atoms with Crippen molar-refractivity contribution in [1.82, 2.24) is 9.72 Å². The van der Waals surface area contributed by atoms with Gasteiger partial charge in [0.25, 0.3) is 0 Å². The van der Waals surface area contributed by atoms with Gasteiger partial charge in [-0.1, -0.05) is 17.3 Å². The van der Waals surface area contributed by atoms with Crippen molar-refractivity contribution in [1.29, 1.82) is 0 Å². The molecule has 0 radical (unpaired) electrons. The predicted molar refractivity (Wildman–Crippen MR) is 145 cm³/mol. The first-order chi connectivity index (χ1) is 20.0. The fourth-order valence-corrected chi connectivity index (χ4v) is 5.60. The minimum atomic E-state index is -4.88. The molecule has 0 bridgehead atoms. The third-order valence-corrected chi connectivity index (χ3v) is 7.97. The van der Waals surface area contributed by atoms with Crippen molar-refractivity contribution in [3.05, 3.63) is 65.5 Å². The van der Waals surface area contributed by atoms with E-state index in [4.69, 9.17) is 9.26 Å². The lowest BCUT2D eigenvalue weighted by molar-refractivity contribution is -0.274. The Morgan fingerprint density at radius 2 is 1.90 bits per heavy atom.